The van der Waals surface area contributed by atoms with Gasteiger partial charge in [0.25, 0.3) is 0 Å². The summed E-state index contributed by atoms with van der Waals surface area (Å²) in [7, 11) is -7.81. The second kappa shape index (κ2) is 21.5. The number of methoxy groups -OCH3 is 2. The van der Waals surface area contributed by atoms with Gasteiger partial charge in [0, 0.05) is 80.2 Å². The summed E-state index contributed by atoms with van der Waals surface area (Å²) in [5.74, 6) is 3.44. The highest BCUT2D eigenvalue weighted by Crippen LogP contribution is 2.37. The number of rotatable bonds is 25. The molecule has 3 aromatic rings. The van der Waals surface area contributed by atoms with Crippen molar-refractivity contribution in [3.05, 3.63) is 89.5 Å². The minimum atomic E-state index is -3.65. The number of aryl methyl sites for hydroxylation is 3. The molecule has 0 spiro atoms. The van der Waals surface area contributed by atoms with Crippen molar-refractivity contribution in [2.24, 2.45) is 5.41 Å². The van der Waals surface area contributed by atoms with E-state index >= 15 is 0 Å². The summed E-state index contributed by atoms with van der Waals surface area (Å²) in [5.41, 5.74) is 2.52. The summed E-state index contributed by atoms with van der Waals surface area (Å²) in [6, 6.07) is 20.1. The summed E-state index contributed by atoms with van der Waals surface area (Å²) in [5, 5.41) is 0. The van der Waals surface area contributed by atoms with Crippen LogP contribution in [-0.4, -0.2) is 99.9 Å². The quantitative estimate of drug-likeness (QED) is 0.0777. The van der Waals surface area contributed by atoms with Crippen LogP contribution < -0.4 is 14.2 Å². The van der Waals surface area contributed by atoms with E-state index in [1.807, 2.05) is 20.8 Å². The molecule has 290 valence electrons. The first-order chi connectivity index (χ1) is 24.6. The predicted molar refractivity (Wildman–Crippen MR) is 216 cm³/mol. The van der Waals surface area contributed by atoms with Crippen molar-refractivity contribution < 1.29 is 34.7 Å². The molecular formula is C35H51N3O8S6. The first-order valence-corrected chi connectivity index (χ1v) is 24.5. The van der Waals surface area contributed by atoms with Crippen LogP contribution in [0.2, 0.25) is 0 Å². The number of hydrogen-bond donors (Lipinski definition) is 3. The van der Waals surface area contributed by atoms with Crippen LogP contribution in [0.1, 0.15) is 23.1 Å². The second-order valence-corrected chi connectivity index (χ2v) is 21.0. The van der Waals surface area contributed by atoms with Gasteiger partial charge < -0.3 is 9.47 Å². The maximum Gasteiger partial charge on any atom is 0.240 e. The van der Waals surface area contributed by atoms with Gasteiger partial charge in [0.1, 0.15) is 0 Å². The Balaban J connectivity index is 1.66. The molecule has 0 atom stereocenters. The molecule has 0 aliphatic heterocycles. The molecule has 0 fully saturated rings. The highest BCUT2D eigenvalue weighted by atomic mass is 32.2. The van der Waals surface area contributed by atoms with E-state index in [2.05, 4.69) is 14.2 Å². The van der Waals surface area contributed by atoms with Crippen LogP contribution in [0.25, 0.3) is 0 Å². The van der Waals surface area contributed by atoms with Crippen molar-refractivity contribution >= 4 is 65.4 Å². The van der Waals surface area contributed by atoms with E-state index in [9.17, 15) is 25.3 Å². The molecule has 0 aliphatic rings. The summed E-state index contributed by atoms with van der Waals surface area (Å²) >= 11 is 4.82. The molecule has 0 saturated carbocycles. The van der Waals surface area contributed by atoms with Gasteiger partial charge in [-0.1, -0.05) is 53.1 Å². The van der Waals surface area contributed by atoms with Crippen molar-refractivity contribution in [3.63, 3.8) is 0 Å². The molecule has 0 unspecified atom stereocenters. The molecule has 3 aromatic carbocycles. The molecule has 0 radical (unpaired) electrons. The normalized spacial score (nSPS) is 12.8. The number of hydrogen-bond acceptors (Lipinski definition) is 11. The van der Waals surface area contributed by atoms with Crippen LogP contribution in [0.3, 0.4) is 0 Å². The summed E-state index contributed by atoms with van der Waals surface area (Å²) in [4.78, 5) is 0.637. The van der Waals surface area contributed by atoms with Crippen molar-refractivity contribution in [2.75, 3.05) is 68.4 Å². The van der Waals surface area contributed by atoms with Crippen molar-refractivity contribution in [1.82, 2.24) is 14.2 Å². The molecule has 0 heterocycles. The number of nitrogens with one attached hydrogen (secondary N) is 3. The Bertz CT molecular complexity index is 1630. The smallest absolute Gasteiger partial charge is 0.240 e. The maximum absolute atomic E-state index is 12.8. The molecule has 0 bridgehead atoms. The van der Waals surface area contributed by atoms with Crippen LogP contribution in [0.5, 0.6) is 0 Å². The Morgan fingerprint density at radius 2 is 0.788 bits per heavy atom. The molecule has 0 saturated heterocycles. The average Bonchev–Trinajstić information content (AvgIpc) is 3.10. The lowest BCUT2D eigenvalue weighted by Gasteiger charge is -2.36. The molecule has 52 heavy (non-hydrogen) atoms. The number of benzene rings is 3. The van der Waals surface area contributed by atoms with Crippen LogP contribution >= 0.6 is 35.3 Å². The molecule has 3 rings (SSSR count). The fraction of sp³-hybridized carbons (Fsp3) is 0.486. The molecule has 3 N–H and O–H groups in total. The van der Waals surface area contributed by atoms with E-state index in [-0.39, 0.29) is 34.3 Å². The van der Waals surface area contributed by atoms with Crippen molar-refractivity contribution in [1.29, 1.82) is 0 Å². The molecule has 0 aromatic heterocycles. The van der Waals surface area contributed by atoms with Gasteiger partial charge in [-0.25, -0.2) is 39.4 Å². The third-order valence-corrected chi connectivity index (χ3v) is 16.3. The van der Waals surface area contributed by atoms with Crippen LogP contribution in [0, 0.1) is 26.2 Å². The van der Waals surface area contributed by atoms with Crippen LogP contribution in [0.4, 0.5) is 0 Å². The van der Waals surface area contributed by atoms with Gasteiger partial charge in [0.15, 0.2) is 6.29 Å². The third kappa shape index (κ3) is 14.9. The number of ether oxygens (including phenoxy) is 2. The average molecular weight is 834 g/mol. The lowest BCUT2D eigenvalue weighted by atomic mass is 9.91. The summed E-state index contributed by atoms with van der Waals surface area (Å²) in [6.07, 6.45) is 0.00801. The van der Waals surface area contributed by atoms with Crippen molar-refractivity contribution in [2.45, 2.75) is 48.2 Å². The summed E-state index contributed by atoms with van der Waals surface area (Å²) < 4.78 is 96.3. The standard InChI is InChI=1S/C35H51N3O8S6/c1-28-6-12-31(13-7-28)50(39,40)36-18-21-47-25-35(24-34(45-4)46-5,26-48-22-19-37-51(41,42)32-14-8-29(2)9-15-32)27-49-23-20-38-52(43,44)33-16-10-30(3)11-17-33/h6-17,34,36-38H,18-27H2,1-5H3. The Kier molecular flexibility index (Phi) is 18.5. The second-order valence-electron chi connectivity index (χ2n) is 12.4. The van der Waals surface area contributed by atoms with Gasteiger partial charge in [-0.3, -0.25) is 0 Å². The Morgan fingerprint density at radius 1 is 0.519 bits per heavy atom. The van der Waals surface area contributed by atoms with Gasteiger partial charge in [0.05, 0.1) is 14.7 Å². The lowest BCUT2D eigenvalue weighted by Crippen LogP contribution is -2.37. The number of sulfonamides is 3. The summed E-state index contributed by atoms with van der Waals surface area (Å²) in [6.45, 7) is 6.39. The lowest BCUT2D eigenvalue weighted by molar-refractivity contribution is -0.119. The van der Waals surface area contributed by atoms with E-state index in [4.69, 9.17) is 9.47 Å². The Hall–Kier alpha value is -1.64. The van der Waals surface area contributed by atoms with E-state index < -0.39 is 41.8 Å². The molecule has 17 heteroatoms. The monoisotopic (exact) mass is 833 g/mol. The molecular weight excluding hydrogens is 783 g/mol. The Morgan fingerprint density at radius 3 is 1.04 bits per heavy atom. The molecule has 0 aliphatic carbocycles. The fourth-order valence-corrected chi connectivity index (χ4v) is 12.2. The molecule has 0 amide bonds. The Labute approximate surface area is 323 Å². The minimum Gasteiger partial charge on any atom is -0.356 e. The third-order valence-electron chi connectivity index (χ3n) is 7.96. The molecule has 11 nitrogen and oxygen atoms in total. The fourth-order valence-electron chi connectivity index (χ4n) is 4.93. The van der Waals surface area contributed by atoms with E-state index in [0.29, 0.717) is 40.9 Å². The van der Waals surface area contributed by atoms with Crippen LogP contribution in [0.15, 0.2) is 87.5 Å². The SMILES string of the molecule is COC(CC(CSCCNS(=O)(=O)c1ccc(C)cc1)(CSCCNS(=O)(=O)c1ccc(C)cc1)CSCCNS(=O)(=O)c1ccc(C)cc1)OC. The zero-order valence-corrected chi connectivity index (χ0v) is 35.2. The van der Waals surface area contributed by atoms with Gasteiger partial charge >= 0.3 is 0 Å². The van der Waals surface area contributed by atoms with E-state index in [1.54, 1.807) is 122 Å². The minimum absolute atomic E-state index is 0.212. The largest absolute Gasteiger partial charge is 0.356 e. The number of thioether (sulfide) groups is 3. The van der Waals surface area contributed by atoms with E-state index in [0.717, 1.165) is 16.7 Å². The van der Waals surface area contributed by atoms with Gasteiger partial charge in [0.2, 0.25) is 30.1 Å². The zero-order valence-electron chi connectivity index (χ0n) is 30.3. The first kappa shape index (κ1) is 44.8. The highest BCUT2D eigenvalue weighted by molar-refractivity contribution is 8.01. The van der Waals surface area contributed by atoms with Crippen LogP contribution in [-0.2, 0) is 39.5 Å². The van der Waals surface area contributed by atoms with Gasteiger partial charge in [-0.2, -0.15) is 35.3 Å². The topological polar surface area (TPSA) is 157 Å². The van der Waals surface area contributed by atoms with E-state index in [1.165, 1.54) is 0 Å². The zero-order chi connectivity index (χ0) is 38.3. The van der Waals surface area contributed by atoms with Gasteiger partial charge in [-0.15, -0.1) is 0 Å². The van der Waals surface area contributed by atoms with Gasteiger partial charge in [-0.05, 0) is 57.2 Å². The highest BCUT2D eigenvalue weighted by Gasteiger charge is 2.34. The predicted octanol–water partition coefficient (Wildman–Crippen LogP) is 5.04. The van der Waals surface area contributed by atoms with Crippen molar-refractivity contribution in [3.8, 4) is 0 Å². The first-order valence-electron chi connectivity index (χ1n) is 16.6. The maximum atomic E-state index is 12.8.